The van der Waals surface area contributed by atoms with Gasteiger partial charge in [-0.05, 0) is 36.6 Å². The predicted octanol–water partition coefficient (Wildman–Crippen LogP) is 5.07. The lowest BCUT2D eigenvalue weighted by Crippen LogP contribution is -2.04. The van der Waals surface area contributed by atoms with Crippen LogP contribution in [0.25, 0.3) is 22.2 Å². The van der Waals surface area contributed by atoms with Crippen molar-refractivity contribution in [1.29, 1.82) is 0 Å². The van der Waals surface area contributed by atoms with Gasteiger partial charge in [0.1, 0.15) is 11.1 Å². The zero-order valence-corrected chi connectivity index (χ0v) is 17.1. The molecule has 152 valence electrons. The number of hydrogen-bond donors (Lipinski definition) is 1. The van der Waals surface area contributed by atoms with Crippen LogP contribution in [0.5, 0.6) is 5.88 Å². The highest BCUT2D eigenvalue weighted by Crippen LogP contribution is 2.33. The van der Waals surface area contributed by atoms with Gasteiger partial charge in [0.25, 0.3) is 0 Å². The first-order valence-electron chi connectivity index (χ1n) is 10.2. The van der Waals surface area contributed by atoms with Crippen molar-refractivity contribution >= 4 is 28.0 Å². The Morgan fingerprint density at radius 1 is 0.903 bits per heavy atom. The Bertz CT molecular complexity index is 1410. The molecule has 0 aliphatic heterocycles. The summed E-state index contributed by atoms with van der Waals surface area (Å²) in [7, 11) is 0. The lowest BCUT2D eigenvalue weighted by molar-refractivity contribution is 0.103. The molecule has 5 aromatic rings. The maximum absolute atomic E-state index is 13.3. The van der Waals surface area contributed by atoms with Crippen molar-refractivity contribution in [2.75, 3.05) is 0 Å². The van der Waals surface area contributed by atoms with Crippen LogP contribution in [-0.4, -0.2) is 25.4 Å². The van der Waals surface area contributed by atoms with E-state index in [-0.39, 0.29) is 17.2 Å². The third-order valence-electron chi connectivity index (χ3n) is 5.50. The topological polar surface area (TPSA) is 68.0 Å². The van der Waals surface area contributed by atoms with Gasteiger partial charge in [-0.15, -0.1) is 0 Å². The first-order valence-corrected chi connectivity index (χ1v) is 10.2. The molecule has 31 heavy (non-hydrogen) atoms. The second kappa shape index (κ2) is 7.69. The Kier molecular flexibility index (Phi) is 4.71. The molecule has 0 saturated heterocycles. The maximum Gasteiger partial charge on any atom is 0.206 e. The predicted molar refractivity (Wildman–Crippen MR) is 121 cm³/mol. The SMILES string of the molecule is Cc1ccc2nc3c(C(=O)c4ccccc4)c(O)n(CCc4ccccc4)c3nc2c1. The van der Waals surface area contributed by atoms with Crippen molar-refractivity contribution in [2.24, 2.45) is 0 Å². The molecule has 3 aromatic carbocycles. The molecule has 2 aromatic heterocycles. The van der Waals surface area contributed by atoms with E-state index in [0.717, 1.165) is 16.6 Å². The van der Waals surface area contributed by atoms with E-state index in [1.54, 1.807) is 16.7 Å². The zero-order valence-electron chi connectivity index (χ0n) is 17.1. The van der Waals surface area contributed by atoms with E-state index >= 15 is 0 Å². The van der Waals surface area contributed by atoms with Crippen LogP contribution in [-0.2, 0) is 13.0 Å². The van der Waals surface area contributed by atoms with Crippen LogP contribution in [0, 0.1) is 6.92 Å². The van der Waals surface area contributed by atoms with Gasteiger partial charge in [-0.2, -0.15) is 0 Å². The first kappa shape index (κ1) is 19.0. The van der Waals surface area contributed by atoms with E-state index < -0.39 is 0 Å². The highest BCUT2D eigenvalue weighted by atomic mass is 16.3. The number of carbonyl (C=O) groups excluding carboxylic acids is 1. The maximum atomic E-state index is 13.3. The second-order valence-electron chi connectivity index (χ2n) is 7.67. The standard InChI is InChI=1S/C26H21N3O2/c1-17-12-13-20-21(16-17)28-25-23(27-20)22(24(30)19-10-6-3-7-11-19)26(31)29(25)15-14-18-8-4-2-5-9-18/h2-13,16,31H,14-15H2,1H3. The molecular formula is C26H21N3O2. The van der Waals surface area contributed by atoms with Crippen LogP contribution in [0.15, 0.2) is 78.9 Å². The summed E-state index contributed by atoms with van der Waals surface area (Å²) in [5, 5.41) is 11.1. The van der Waals surface area contributed by atoms with E-state index in [4.69, 9.17) is 9.97 Å². The fraction of sp³-hybridized carbons (Fsp3) is 0.115. The summed E-state index contributed by atoms with van der Waals surface area (Å²) in [5.74, 6) is -0.353. The van der Waals surface area contributed by atoms with Gasteiger partial charge in [0, 0.05) is 12.1 Å². The molecule has 0 amide bonds. The minimum absolute atomic E-state index is 0.0909. The van der Waals surface area contributed by atoms with Crippen molar-refractivity contribution in [2.45, 2.75) is 19.9 Å². The van der Waals surface area contributed by atoms with E-state index in [9.17, 15) is 9.90 Å². The molecule has 0 fully saturated rings. The molecule has 0 radical (unpaired) electrons. The van der Waals surface area contributed by atoms with Gasteiger partial charge in [0.2, 0.25) is 11.7 Å². The fourth-order valence-electron chi connectivity index (χ4n) is 3.89. The monoisotopic (exact) mass is 407 g/mol. The van der Waals surface area contributed by atoms with E-state index in [1.807, 2.05) is 73.7 Å². The molecular weight excluding hydrogens is 386 g/mol. The van der Waals surface area contributed by atoms with E-state index in [1.165, 1.54) is 0 Å². The van der Waals surface area contributed by atoms with Gasteiger partial charge in [0.05, 0.1) is 11.0 Å². The number of ketones is 1. The third kappa shape index (κ3) is 3.44. The number of nitrogens with zero attached hydrogens (tertiary/aromatic N) is 3. The molecule has 0 aliphatic rings. The Balaban J connectivity index is 1.70. The van der Waals surface area contributed by atoms with E-state index in [2.05, 4.69) is 0 Å². The molecule has 5 rings (SSSR count). The Morgan fingerprint density at radius 2 is 1.61 bits per heavy atom. The summed E-state index contributed by atoms with van der Waals surface area (Å²) >= 11 is 0. The van der Waals surface area contributed by atoms with Gasteiger partial charge in [-0.1, -0.05) is 66.7 Å². The highest BCUT2D eigenvalue weighted by Gasteiger charge is 2.26. The number of rotatable bonds is 5. The number of aromatic hydroxyl groups is 1. The van der Waals surface area contributed by atoms with E-state index in [0.29, 0.717) is 35.2 Å². The van der Waals surface area contributed by atoms with Crippen LogP contribution in [0.1, 0.15) is 27.0 Å². The smallest absolute Gasteiger partial charge is 0.206 e. The number of carbonyl (C=O) groups is 1. The van der Waals surface area contributed by atoms with Crippen LogP contribution in [0.2, 0.25) is 0 Å². The van der Waals surface area contributed by atoms with Gasteiger partial charge >= 0.3 is 0 Å². The summed E-state index contributed by atoms with van der Waals surface area (Å²) in [6, 6.07) is 24.8. The van der Waals surface area contributed by atoms with Crippen molar-refractivity contribution in [3.05, 3.63) is 101 Å². The molecule has 0 bridgehead atoms. The molecule has 0 saturated carbocycles. The molecule has 0 unspecified atom stereocenters. The number of fused-ring (bicyclic) bond motifs is 2. The quantitative estimate of drug-likeness (QED) is 0.413. The number of aryl methyl sites for hydroxylation is 3. The van der Waals surface area contributed by atoms with Crippen LogP contribution < -0.4 is 0 Å². The highest BCUT2D eigenvalue weighted by molar-refractivity contribution is 6.17. The molecule has 0 aliphatic carbocycles. The van der Waals surface area contributed by atoms with Gasteiger partial charge < -0.3 is 5.11 Å². The van der Waals surface area contributed by atoms with Crippen molar-refractivity contribution in [1.82, 2.24) is 14.5 Å². The summed E-state index contributed by atoms with van der Waals surface area (Å²) < 4.78 is 1.70. The van der Waals surface area contributed by atoms with Crippen LogP contribution in [0.4, 0.5) is 0 Å². The Hall–Kier alpha value is -3.99. The zero-order chi connectivity index (χ0) is 21.4. The molecule has 5 nitrogen and oxygen atoms in total. The van der Waals surface area contributed by atoms with Crippen molar-refractivity contribution in [3.8, 4) is 5.88 Å². The molecule has 2 heterocycles. The first-order chi connectivity index (χ1) is 15.1. The summed E-state index contributed by atoms with van der Waals surface area (Å²) in [6.07, 6.45) is 0.699. The fourth-order valence-corrected chi connectivity index (χ4v) is 3.89. The second-order valence-corrected chi connectivity index (χ2v) is 7.67. The van der Waals surface area contributed by atoms with Crippen molar-refractivity contribution < 1.29 is 9.90 Å². The number of hydrogen-bond acceptors (Lipinski definition) is 4. The van der Waals surface area contributed by atoms with Gasteiger partial charge in [-0.3, -0.25) is 9.36 Å². The van der Waals surface area contributed by atoms with Gasteiger partial charge in [-0.25, -0.2) is 9.97 Å². The van der Waals surface area contributed by atoms with Crippen LogP contribution in [0.3, 0.4) is 0 Å². The lowest BCUT2D eigenvalue weighted by Gasteiger charge is -2.07. The molecule has 0 atom stereocenters. The number of benzene rings is 3. The number of aromatic nitrogens is 3. The van der Waals surface area contributed by atoms with Crippen molar-refractivity contribution in [3.63, 3.8) is 0 Å². The summed E-state index contributed by atoms with van der Waals surface area (Å²) in [4.78, 5) is 22.9. The summed E-state index contributed by atoms with van der Waals surface area (Å²) in [6.45, 7) is 2.49. The van der Waals surface area contributed by atoms with Gasteiger partial charge in [0.15, 0.2) is 5.65 Å². The Morgan fingerprint density at radius 3 is 2.35 bits per heavy atom. The largest absolute Gasteiger partial charge is 0.494 e. The summed E-state index contributed by atoms with van der Waals surface area (Å²) in [5.41, 5.74) is 5.30. The molecule has 1 N–H and O–H groups in total. The normalized spacial score (nSPS) is 11.3. The molecule has 0 spiro atoms. The average molecular weight is 407 g/mol. The third-order valence-corrected chi connectivity index (χ3v) is 5.50. The minimum atomic E-state index is -0.262. The molecule has 5 heteroatoms. The minimum Gasteiger partial charge on any atom is -0.494 e. The Labute approximate surface area is 179 Å². The lowest BCUT2D eigenvalue weighted by atomic mass is 10.0. The van der Waals surface area contributed by atoms with Crippen LogP contribution >= 0.6 is 0 Å². The average Bonchev–Trinajstić information content (AvgIpc) is 3.07.